The van der Waals surface area contributed by atoms with E-state index in [0.717, 1.165) is 0 Å². The molecule has 1 amide bonds. The van der Waals surface area contributed by atoms with Crippen LogP contribution < -0.4 is 5.32 Å². The van der Waals surface area contributed by atoms with Crippen molar-refractivity contribution in [3.63, 3.8) is 0 Å². The molecule has 1 unspecified atom stereocenters. The Balaban J connectivity index is 2.58. The van der Waals surface area contributed by atoms with Crippen LogP contribution in [0.2, 0.25) is 0 Å². The average Bonchev–Trinajstić information content (AvgIpc) is 2.61. The van der Waals surface area contributed by atoms with E-state index in [0.29, 0.717) is 24.0 Å². The van der Waals surface area contributed by atoms with Crippen LogP contribution in [-0.2, 0) is 25.6 Å². The summed E-state index contributed by atoms with van der Waals surface area (Å²) in [5.74, 6) is -3.58. The number of rotatable bonds is 13. The fourth-order valence-electron chi connectivity index (χ4n) is 2.44. The summed E-state index contributed by atoms with van der Waals surface area (Å²) in [4.78, 5) is 45.0. The minimum absolute atomic E-state index is 0.00427. The van der Waals surface area contributed by atoms with E-state index in [9.17, 15) is 29.4 Å². The van der Waals surface area contributed by atoms with Crippen molar-refractivity contribution in [3.05, 3.63) is 29.8 Å². The molecule has 0 fully saturated rings. The molecule has 0 aliphatic rings. The molecule has 0 aromatic heterocycles. The molecule has 0 bridgehead atoms. The Bertz CT molecular complexity index is 673. The number of hydrogen-bond acceptors (Lipinski definition) is 5. The second-order valence-corrected chi connectivity index (χ2v) is 8.89. The number of aliphatic carboxylic acids is 3. The molecule has 0 radical (unpaired) electrons. The molecule has 0 spiro atoms. The summed E-state index contributed by atoms with van der Waals surface area (Å²) in [5, 5.41) is 38.6. The summed E-state index contributed by atoms with van der Waals surface area (Å²) in [6.45, 7) is 0. The van der Waals surface area contributed by atoms with Crippen LogP contribution in [0.1, 0.15) is 24.8 Å². The van der Waals surface area contributed by atoms with Crippen molar-refractivity contribution in [2.45, 2.75) is 31.7 Å². The van der Waals surface area contributed by atoms with E-state index >= 15 is 0 Å². The zero-order valence-electron chi connectivity index (χ0n) is 15.2. The molecule has 0 saturated carbocycles. The fourth-order valence-corrected chi connectivity index (χ4v) is 4.64. The largest absolute Gasteiger partial charge is 0.508 e. The SMILES string of the molecule is O=C(O)CCP(CCC(=O)O)CCC(=O)NC(Cc1ccc(O)cc1)C(=O)O. The second-order valence-electron chi connectivity index (χ2n) is 6.21. The molecule has 28 heavy (non-hydrogen) atoms. The van der Waals surface area contributed by atoms with Crippen molar-refractivity contribution in [3.8, 4) is 5.75 Å². The van der Waals surface area contributed by atoms with Crippen molar-refractivity contribution < 1.29 is 39.6 Å². The molecule has 10 heteroatoms. The van der Waals surface area contributed by atoms with E-state index < -0.39 is 37.8 Å². The summed E-state index contributed by atoms with van der Waals surface area (Å²) in [7, 11) is -0.948. The van der Waals surface area contributed by atoms with Gasteiger partial charge < -0.3 is 25.7 Å². The quantitative estimate of drug-likeness (QED) is 0.303. The number of phenols is 1. The molecular formula is C18H24NO8P. The maximum Gasteiger partial charge on any atom is 0.326 e. The van der Waals surface area contributed by atoms with E-state index in [2.05, 4.69) is 5.32 Å². The van der Waals surface area contributed by atoms with Crippen LogP contribution in [0.3, 0.4) is 0 Å². The first kappa shape index (κ1) is 23.4. The van der Waals surface area contributed by atoms with Gasteiger partial charge in [0.05, 0.1) is 0 Å². The van der Waals surface area contributed by atoms with Gasteiger partial charge in [-0.3, -0.25) is 14.4 Å². The number of benzene rings is 1. The standard InChI is InChI=1S/C18H24NO8P/c20-13-3-1-12(2-4-13)11-14(18(26)27)19-15(21)5-8-28(9-6-16(22)23)10-7-17(24)25/h1-4,14,20H,5-11H2,(H,19,21)(H,22,23)(H,24,25)(H,26,27). The monoisotopic (exact) mass is 413 g/mol. The zero-order chi connectivity index (χ0) is 21.1. The predicted molar refractivity (Wildman–Crippen MR) is 102 cm³/mol. The highest BCUT2D eigenvalue weighted by Crippen LogP contribution is 2.37. The Labute approximate surface area is 163 Å². The molecular weight excluding hydrogens is 389 g/mol. The molecule has 0 saturated heterocycles. The Morgan fingerprint density at radius 1 is 0.857 bits per heavy atom. The number of phenolic OH excluding ortho intramolecular Hbond substituents is 1. The lowest BCUT2D eigenvalue weighted by Gasteiger charge is -2.18. The lowest BCUT2D eigenvalue weighted by Crippen LogP contribution is -2.42. The minimum Gasteiger partial charge on any atom is -0.508 e. The minimum atomic E-state index is -1.19. The molecule has 0 aliphatic carbocycles. The number of aromatic hydroxyl groups is 1. The van der Waals surface area contributed by atoms with E-state index in [1.165, 1.54) is 12.1 Å². The molecule has 0 heterocycles. The van der Waals surface area contributed by atoms with Gasteiger partial charge >= 0.3 is 17.9 Å². The van der Waals surface area contributed by atoms with Crippen LogP contribution in [0.5, 0.6) is 5.75 Å². The summed E-state index contributed by atoms with van der Waals surface area (Å²) in [6.07, 6.45) is 0.852. The highest BCUT2D eigenvalue weighted by Gasteiger charge is 2.21. The van der Waals surface area contributed by atoms with Gasteiger partial charge in [0.1, 0.15) is 11.8 Å². The first-order valence-corrected chi connectivity index (χ1v) is 10.5. The number of hydrogen-bond donors (Lipinski definition) is 5. The van der Waals surface area contributed by atoms with E-state index in [4.69, 9.17) is 10.2 Å². The van der Waals surface area contributed by atoms with Gasteiger partial charge in [0.2, 0.25) is 5.91 Å². The lowest BCUT2D eigenvalue weighted by molar-refractivity contribution is -0.141. The van der Waals surface area contributed by atoms with Crippen molar-refractivity contribution in [2.75, 3.05) is 18.5 Å². The summed E-state index contributed by atoms with van der Waals surface area (Å²) >= 11 is 0. The van der Waals surface area contributed by atoms with Gasteiger partial charge in [-0.2, -0.15) is 0 Å². The van der Waals surface area contributed by atoms with Gasteiger partial charge in [-0.15, -0.1) is 7.92 Å². The van der Waals surface area contributed by atoms with Crippen LogP contribution in [0, 0.1) is 0 Å². The number of amides is 1. The van der Waals surface area contributed by atoms with Gasteiger partial charge in [-0.25, -0.2) is 4.79 Å². The van der Waals surface area contributed by atoms with Crippen molar-refractivity contribution in [2.24, 2.45) is 0 Å². The number of carboxylic acids is 3. The number of carbonyl (C=O) groups excluding carboxylic acids is 1. The second kappa shape index (κ2) is 11.9. The van der Waals surface area contributed by atoms with Crippen LogP contribution >= 0.6 is 7.92 Å². The van der Waals surface area contributed by atoms with Gasteiger partial charge in [0, 0.05) is 25.7 Å². The topological polar surface area (TPSA) is 161 Å². The number of nitrogens with one attached hydrogen (secondary N) is 1. The third kappa shape index (κ3) is 9.87. The van der Waals surface area contributed by atoms with E-state index in [1.807, 2.05) is 0 Å². The van der Waals surface area contributed by atoms with Crippen molar-refractivity contribution in [1.82, 2.24) is 5.32 Å². The fraction of sp³-hybridized carbons (Fsp3) is 0.444. The molecule has 0 aliphatic heterocycles. The summed E-state index contributed by atoms with van der Waals surface area (Å²) < 4.78 is 0. The summed E-state index contributed by atoms with van der Waals surface area (Å²) in [6, 6.07) is 4.84. The normalized spacial score (nSPS) is 11.8. The molecule has 9 nitrogen and oxygen atoms in total. The van der Waals surface area contributed by atoms with Crippen LogP contribution in [0.25, 0.3) is 0 Å². The molecule has 1 atom stereocenters. The van der Waals surface area contributed by atoms with Crippen LogP contribution in [0.4, 0.5) is 0 Å². The first-order chi connectivity index (χ1) is 13.2. The third-order valence-corrected chi connectivity index (χ3v) is 6.52. The smallest absolute Gasteiger partial charge is 0.326 e. The first-order valence-electron chi connectivity index (χ1n) is 8.63. The molecule has 5 N–H and O–H groups in total. The average molecular weight is 413 g/mol. The van der Waals surface area contributed by atoms with E-state index in [-0.39, 0.29) is 31.4 Å². The molecule has 1 rings (SSSR count). The van der Waals surface area contributed by atoms with Crippen molar-refractivity contribution in [1.29, 1.82) is 0 Å². The van der Waals surface area contributed by atoms with Gasteiger partial charge in [0.15, 0.2) is 0 Å². The lowest BCUT2D eigenvalue weighted by atomic mass is 10.1. The number of carbonyl (C=O) groups is 4. The van der Waals surface area contributed by atoms with Crippen molar-refractivity contribution >= 4 is 31.7 Å². The maximum absolute atomic E-state index is 12.1. The highest BCUT2D eigenvalue weighted by atomic mass is 31.1. The van der Waals surface area contributed by atoms with Crippen LogP contribution in [-0.4, -0.2) is 68.8 Å². The Hall–Kier alpha value is -2.67. The molecule has 1 aromatic rings. The Morgan fingerprint density at radius 3 is 1.82 bits per heavy atom. The molecule has 154 valence electrons. The molecule has 1 aromatic carbocycles. The van der Waals surface area contributed by atoms with Gasteiger partial charge in [-0.05, 0) is 36.2 Å². The van der Waals surface area contributed by atoms with E-state index in [1.54, 1.807) is 12.1 Å². The summed E-state index contributed by atoms with van der Waals surface area (Å²) in [5.41, 5.74) is 0.635. The van der Waals surface area contributed by atoms with Crippen LogP contribution in [0.15, 0.2) is 24.3 Å². The number of carboxylic acid groups (broad SMARTS) is 3. The third-order valence-electron chi connectivity index (χ3n) is 3.95. The predicted octanol–water partition coefficient (Wildman–Crippen LogP) is 1.33. The Morgan fingerprint density at radius 2 is 1.36 bits per heavy atom. The van der Waals surface area contributed by atoms with Gasteiger partial charge in [0.25, 0.3) is 0 Å². The highest BCUT2D eigenvalue weighted by molar-refractivity contribution is 7.57. The zero-order valence-corrected chi connectivity index (χ0v) is 16.1. The Kier molecular flexibility index (Phi) is 9.95. The maximum atomic E-state index is 12.1. The van der Waals surface area contributed by atoms with Gasteiger partial charge in [-0.1, -0.05) is 12.1 Å².